The second kappa shape index (κ2) is 9.58. The van der Waals surface area contributed by atoms with Gasteiger partial charge in [0, 0.05) is 73.0 Å². The number of carbonyl (C=O) groups is 1. The van der Waals surface area contributed by atoms with Gasteiger partial charge in [-0.1, -0.05) is 12.1 Å². The fraction of sp³-hybridized carbons (Fsp3) is 0.267. The third-order valence-electron chi connectivity index (χ3n) is 6.87. The van der Waals surface area contributed by atoms with Crippen molar-refractivity contribution in [1.82, 2.24) is 24.5 Å². The molecule has 1 amide bonds. The van der Waals surface area contributed by atoms with Crippen LogP contribution in [0.25, 0.3) is 38.8 Å². The molecule has 0 aliphatic carbocycles. The number of piperazine rings is 1. The minimum atomic E-state index is -0.488. The molecule has 1 fully saturated rings. The molecule has 0 spiro atoms. The lowest BCUT2D eigenvalue weighted by Gasteiger charge is -2.36. The summed E-state index contributed by atoms with van der Waals surface area (Å²) in [7, 11) is 0. The maximum atomic E-state index is 12.4. The third kappa shape index (κ3) is 4.95. The van der Waals surface area contributed by atoms with Gasteiger partial charge >= 0.3 is 6.09 Å². The summed E-state index contributed by atoms with van der Waals surface area (Å²) in [6.45, 7) is 8.43. The molecule has 1 saturated heterocycles. The van der Waals surface area contributed by atoms with Crippen LogP contribution in [0.2, 0.25) is 0 Å². The first-order valence-corrected chi connectivity index (χ1v) is 13.0. The highest BCUT2D eigenvalue weighted by atomic mass is 16.6. The predicted molar refractivity (Wildman–Crippen MR) is 151 cm³/mol. The van der Waals surface area contributed by atoms with Gasteiger partial charge in [-0.3, -0.25) is 4.98 Å². The molecule has 1 aliphatic rings. The Hall–Kier alpha value is -4.66. The summed E-state index contributed by atoms with van der Waals surface area (Å²) in [4.78, 5) is 25.5. The van der Waals surface area contributed by atoms with E-state index in [9.17, 15) is 9.90 Å². The Balaban J connectivity index is 1.19. The first kappa shape index (κ1) is 24.7. The van der Waals surface area contributed by atoms with Gasteiger partial charge in [0.25, 0.3) is 0 Å². The molecule has 9 nitrogen and oxygen atoms in total. The molecule has 0 unspecified atom stereocenters. The number of amides is 1. The molecule has 0 radical (unpaired) electrons. The van der Waals surface area contributed by atoms with Gasteiger partial charge in [0.05, 0.1) is 11.7 Å². The van der Waals surface area contributed by atoms with E-state index < -0.39 is 5.60 Å². The van der Waals surface area contributed by atoms with Gasteiger partial charge in [-0.05, 0) is 62.2 Å². The van der Waals surface area contributed by atoms with E-state index in [-0.39, 0.29) is 11.8 Å². The maximum absolute atomic E-state index is 12.4. The van der Waals surface area contributed by atoms with Crippen LogP contribution in [0.4, 0.5) is 10.5 Å². The molecule has 5 aromatic rings. The van der Waals surface area contributed by atoms with Crippen molar-refractivity contribution < 1.29 is 14.6 Å². The van der Waals surface area contributed by atoms with Crippen molar-refractivity contribution in [3.63, 3.8) is 0 Å². The number of aromatic hydroxyl groups is 1. The number of anilines is 1. The summed E-state index contributed by atoms with van der Waals surface area (Å²) in [5.74, 6) is 0.184. The van der Waals surface area contributed by atoms with Crippen LogP contribution in [-0.4, -0.2) is 67.5 Å². The Bertz CT molecular complexity index is 1660. The zero-order valence-corrected chi connectivity index (χ0v) is 22.2. The number of rotatable bonds is 3. The van der Waals surface area contributed by atoms with Crippen LogP contribution in [-0.2, 0) is 4.74 Å². The summed E-state index contributed by atoms with van der Waals surface area (Å²) < 4.78 is 7.30. The Labute approximate surface area is 226 Å². The standard InChI is InChI=1S/C30H30N6O3/c1-30(2,3)39-29(38)35-14-12-34(13-15-35)22-6-4-20(5-7-22)21-17-32-28-26(18-33-36(28)19-21)24-10-11-31-27-16-23(37)8-9-25(24)27/h4-11,16-19,37H,12-15H2,1-3H3. The molecular formula is C30H30N6O3. The van der Waals surface area contributed by atoms with Gasteiger partial charge in [0.15, 0.2) is 5.65 Å². The van der Waals surface area contributed by atoms with Crippen molar-refractivity contribution in [3.05, 3.63) is 73.3 Å². The summed E-state index contributed by atoms with van der Waals surface area (Å²) >= 11 is 0. The summed E-state index contributed by atoms with van der Waals surface area (Å²) in [5, 5.41) is 15.3. The molecule has 0 atom stereocenters. The van der Waals surface area contributed by atoms with Crippen LogP contribution in [0, 0.1) is 0 Å². The highest BCUT2D eigenvalue weighted by Crippen LogP contribution is 2.32. The monoisotopic (exact) mass is 522 g/mol. The largest absolute Gasteiger partial charge is 0.508 e. The van der Waals surface area contributed by atoms with Crippen molar-refractivity contribution >= 4 is 28.3 Å². The molecule has 3 aromatic heterocycles. The normalized spacial score (nSPS) is 14.2. The van der Waals surface area contributed by atoms with Crippen LogP contribution in [0.3, 0.4) is 0 Å². The van der Waals surface area contributed by atoms with Crippen LogP contribution >= 0.6 is 0 Å². The number of aromatic nitrogens is 4. The molecule has 0 saturated carbocycles. The number of nitrogens with zero attached hydrogens (tertiary/aromatic N) is 6. The van der Waals surface area contributed by atoms with E-state index in [2.05, 4.69) is 39.2 Å². The second-order valence-corrected chi connectivity index (χ2v) is 10.7. The second-order valence-electron chi connectivity index (χ2n) is 10.7. The lowest BCUT2D eigenvalue weighted by Crippen LogP contribution is -2.50. The van der Waals surface area contributed by atoms with Gasteiger partial charge in [0.2, 0.25) is 0 Å². The Morgan fingerprint density at radius 2 is 1.67 bits per heavy atom. The van der Waals surface area contributed by atoms with E-state index in [1.54, 1.807) is 27.7 Å². The number of hydrogen-bond donors (Lipinski definition) is 1. The third-order valence-corrected chi connectivity index (χ3v) is 6.87. The smallest absolute Gasteiger partial charge is 0.410 e. The highest BCUT2D eigenvalue weighted by molar-refractivity contribution is 5.98. The van der Waals surface area contributed by atoms with E-state index >= 15 is 0 Å². The molecule has 1 aliphatic heterocycles. The molecule has 0 bridgehead atoms. The fourth-order valence-electron chi connectivity index (χ4n) is 4.92. The number of ether oxygens (including phenoxy) is 1. The topological polar surface area (TPSA) is 96.1 Å². The fourth-order valence-corrected chi connectivity index (χ4v) is 4.92. The molecule has 6 rings (SSSR count). The molecule has 2 aromatic carbocycles. The quantitative estimate of drug-likeness (QED) is 0.340. The highest BCUT2D eigenvalue weighted by Gasteiger charge is 2.26. The SMILES string of the molecule is CC(C)(C)OC(=O)N1CCN(c2ccc(-c3cnc4c(-c5ccnc6cc(O)ccc56)cnn4c3)cc2)CC1. The van der Waals surface area contributed by atoms with Crippen molar-refractivity contribution in [3.8, 4) is 28.0 Å². The van der Waals surface area contributed by atoms with E-state index in [1.165, 1.54) is 0 Å². The van der Waals surface area contributed by atoms with Gasteiger partial charge < -0.3 is 19.6 Å². The van der Waals surface area contributed by atoms with Crippen molar-refractivity contribution in [1.29, 1.82) is 0 Å². The van der Waals surface area contributed by atoms with Crippen LogP contribution in [0.5, 0.6) is 5.75 Å². The van der Waals surface area contributed by atoms with E-state index in [0.717, 1.165) is 57.6 Å². The Morgan fingerprint density at radius 3 is 2.41 bits per heavy atom. The minimum absolute atomic E-state index is 0.184. The van der Waals surface area contributed by atoms with Crippen molar-refractivity contribution in [2.75, 3.05) is 31.1 Å². The molecule has 1 N–H and O–H groups in total. The molecule has 198 valence electrons. The number of carbonyl (C=O) groups excluding carboxylic acids is 1. The molecular weight excluding hydrogens is 492 g/mol. The Morgan fingerprint density at radius 1 is 0.897 bits per heavy atom. The number of fused-ring (bicyclic) bond motifs is 2. The summed E-state index contributed by atoms with van der Waals surface area (Å²) in [6.07, 6.45) is 7.14. The number of pyridine rings is 1. The average molecular weight is 523 g/mol. The first-order valence-electron chi connectivity index (χ1n) is 13.0. The minimum Gasteiger partial charge on any atom is -0.508 e. The lowest BCUT2D eigenvalue weighted by atomic mass is 10.0. The van der Waals surface area contributed by atoms with Gasteiger partial charge in [-0.25, -0.2) is 14.3 Å². The number of phenolic OH excluding ortho intramolecular Hbond substituents is 1. The summed E-state index contributed by atoms with van der Waals surface area (Å²) in [6, 6.07) is 15.5. The van der Waals surface area contributed by atoms with Crippen LogP contribution in [0.15, 0.2) is 73.3 Å². The zero-order chi connectivity index (χ0) is 27.1. The number of benzene rings is 2. The van der Waals surface area contributed by atoms with Crippen molar-refractivity contribution in [2.45, 2.75) is 26.4 Å². The molecule has 9 heteroatoms. The number of hydrogen-bond acceptors (Lipinski definition) is 7. The van der Waals surface area contributed by atoms with Gasteiger partial charge in [-0.15, -0.1) is 0 Å². The van der Waals surface area contributed by atoms with Gasteiger partial charge in [-0.2, -0.15) is 5.10 Å². The summed E-state index contributed by atoms with van der Waals surface area (Å²) in [5.41, 5.74) is 5.97. The predicted octanol–water partition coefficient (Wildman–Crippen LogP) is 5.37. The first-order chi connectivity index (χ1) is 18.7. The van der Waals surface area contributed by atoms with Crippen molar-refractivity contribution in [2.24, 2.45) is 0 Å². The van der Waals surface area contributed by atoms with E-state index in [0.29, 0.717) is 13.1 Å². The van der Waals surface area contributed by atoms with Gasteiger partial charge in [0.1, 0.15) is 11.4 Å². The number of phenols is 1. The van der Waals surface area contributed by atoms with Crippen LogP contribution < -0.4 is 4.90 Å². The molecule has 39 heavy (non-hydrogen) atoms. The van der Waals surface area contributed by atoms with E-state index in [1.807, 2.05) is 51.5 Å². The van der Waals surface area contributed by atoms with Crippen LogP contribution in [0.1, 0.15) is 20.8 Å². The maximum Gasteiger partial charge on any atom is 0.410 e. The zero-order valence-electron chi connectivity index (χ0n) is 22.2. The average Bonchev–Trinajstić information content (AvgIpc) is 3.35. The lowest BCUT2D eigenvalue weighted by molar-refractivity contribution is 0.0240. The molecule has 4 heterocycles. The van der Waals surface area contributed by atoms with E-state index in [4.69, 9.17) is 9.72 Å². The Kier molecular flexibility index (Phi) is 6.06.